The van der Waals surface area contributed by atoms with E-state index in [0.717, 1.165) is 11.3 Å². The smallest absolute Gasteiger partial charge is 0.324 e. The summed E-state index contributed by atoms with van der Waals surface area (Å²) in [5.41, 5.74) is 0. The summed E-state index contributed by atoms with van der Waals surface area (Å²) in [6.45, 7) is 0. The van der Waals surface area contributed by atoms with E-state index in [1.807, 2.05) is 0 Å². The van der Waals surface area contributed by atoms with Gasteiger partial charge in [-0.05, 0) is 6.07 Å². The molecule has 1 heterocycles. The van der Waals surface area contributed by atoms with Gasteiger partial charge in [0.15, 0.2) is 0 Å². The van der Waals surface area contributed by atoms with Gasteiger partial charge in [-0.15, -0.1) is 0 Å². The van der Waals surface area contributed by atoms with E-state index in [-0.39, 0.29) is 5.00 Å². The van der Waals surface area contributed by atoms with Crippen molar-refractivity contribution >= 4 is 22.6 Å². The van der Waals surface area contributed by atoms with Crippen molar-refractivity contribution in [1.29, 1.82) is 0 Å². The fourth-order valence-corrected chi connectivity index (χ4v) is 1.30. The van der Waals surface area contributed by atoms with Crippen molar-refractivity contribution in [2.45, 2.75) is 0 Å². The first-order valence-electron chi connectivity index (χ1n) is 3.05. The molecule has 0 saturated heterocycles. The SMILES string of the molecule is CO/N=C\c1ccc([N+](=O)[O-])s1. The first-order chi connectivity index (χ1) is 5.74. The number of hydrogen-bond acceptors (Lipinski definition) is 5. The van der Waals surface area contributed by atoms with Gasteiger partial charge in [0, 0.05) is 6.07 Å². The zero-order valence-corrected chi connectivity index (χ0v) is 7.08. The minimum atomic E-state index is -0.436. The maximum absolute atomic E-state index is 10.2. The normalized spacial score (nSPS) is 10.4. The van der Waals surface area contributed by atoms with E-state index in [2.05, 4.69) is 9.99 Å². The highest BCUT2D eigenvalue weighted by Crippen LogP contribution is 2.22. The van der Waals surface area contributed by atoms with Gasteiger partial charge in [-0.3, -0.25) is 10.1 Å². The summed E-state index contributed by atoms with van der Waals surface area (Å²) in [5, 5.41) is 13.8. The third-order valence-corrected chi connectivity index (χ3v) is 2.05. The molecule has 1 aromatic rings. The second-order valence-electron chi connectivity index (χ2n) is 1.85. The van der Waals surface area contributed by atoms with E-state index in [1.165, 1.54) is 19.4 Å². The molecule has 12 heavy (non-hydrogen) atoms. The molecule has 0 N–H and O–H groups in total. The number of oxime groups is 1. The number of nitrogens with zero attached hydrogens (tertiary/aromatic N) is 2. The summed E-state index contributed by atoms with van der Waals surface area (Å²) >= 11 is 1.05. The summed E-state index contributed by atoms with van der Waals surface area (Å²) in [7, 11) is 1.42. The lowest BCUT2D eigenvalue weighted by Crippen LogP contribution is -1.80. The molecular formula is C6H6N2O3S. The first-order valence-corrected chi connectivity index (χ1v) is 3.86. The van der Waals surface area contributed by atoms with Crippen LogP contribution in [0, 0.1) is 10.1 Å². The second kappa shape index (κ2) is 3.82. The van der Waals surface area contributed by atoms with Crippen LogP contribution in [0.1, 0.15) is 4.88 Å². The van der Waals surface area contributed by atoms with Crippen LogP contribution in [0.4, 0.5) is 5.00 Å². The lowest BCUT2D eigenvalue weighted by atomic mass is 10.5. The van der Waals surface area contributed by atoms with Crippen molar-refractivity contribution in [2.75, 3.05) is 7.11 Å². The van der Waals surface area contributed by atoms with Crippen LogP contribution in [0.2, 0.25) is 0 Å². The van der Waals surface area contributed by atoms with Crippen molar-refractivity contribution in [3.8, 4) is 0 Å². The van der Waals surface area contributed by atoms with Gasteiger partial charge in [-0.1, -0.05) is 16.5 Å². The van der Waals surface area contributed by atoms with Crippen molar-refractivity contribution < 1.29 is 9.76 Å². The standard InChI is InChI=1S/C6H6N2O3S/c1-11-7-4-5-2-3-6(12-5)8(9)10/h2-4H,1H3/b7-4-. The van der Waals surface area contributed by atoms with Crippen molar-refractivity contribution in [3.05, 3.63) is 27.1 Å². The van der Waals surface area contributed by atoms with Crippen molar-refractivity contribution in [1.82, 2.24) is 0 Å². The lowest BCUT2D eigenvalue weighted by Gasteiger charge is -1.82. The summed E-state index contributed by atoms with van der Waals surface area (Å²) < 4.78 is 0. The number of thiophene rings is 1. The molecule has 0 atom stereocenters. The van der Waals surface area contributed by atoms with Gasteiger partial charge in [0.2, 0.25) is 0 Å². The van der Waals surface area contributed by atoms with Crippen LogP contribution in [0.5, 0.6) is 0 Å². The molecule has 6 heteroatoms. The van der Waals surface area contributed by atoms with E-state index in [0.29, 0.717) is 4.88 Å². The molecular weight excluding hydrogens is 180 g/mol. The Morgan fingerprint density at radius 1 is 1.75 bits per heavy atom. The molecule has 0 unspecified atom stereocenters. The Hall–Kier alpha value is -1.43. The van der Waals surface area contributed by atoms with Crippen LogP contribution in [0.15, 0.2) is 17.3 Å². The second-order valence-corrected chi connectivity index (χ2v) is 2.94. The maximum Gasteiger partial charge on any atom is 0.324 e. The largest absolute Gasteiger partial charge is 0.399 e. The van der Waals surface area contributed by atoms with Crippen LogP contribution in [0.25, 0.3) is 0 Å². The van der Waals surface area contributed by atoms with Gasteiger partial charge in [0.25, 0.3) is 0 Å². The van der Waals surface area contributed by atoms with Crippen LogP contribution >= 0.6 is 11.3 Å². The lowest BCUT2D eigenvalue weighted by molar-refractivity contribution is -0.380. The van der Waals surface area contributed by atoms with Gasteiger partial charge in [0.1, 0.15) is 7.11 Å². The number of hydrogen-bond donors (Lipinski definition) is 0. The molecule has 5 nitrogen and oxygen atoms in total. The Balaban J connectivity index is 2.77. The predicted molar refractivity (Wildman–Crippen MR) is 45.6 cm³/mol. The van der Waals surface area contributed by atoms with Crippen LogP contribution in [-0.4, -0.2) is 18.2 Å². The zero-order chi connectivity index (χ0) is 8.97. The Bertz CT molecular complexity index is 307. The van der Waals surface area contributed by atoms with Gasteiger partial charge in [-0.25, -0.2) is 0 Å². The third-order valence-electron chi connectivity index (χ3n) is 1.08. The Labute approximate surface area is 72.4 Å². The maximum atomic E-state index is 10.2. The molecule has 0 saturated carbocycles. The number of nitro groups is 1. The Morgan fingerprint density at radius 3 is 3.00 bits per heavy atom. The Kier molecular flexibility index (Phi) is 2.76. The van der Waals surface area contributed by atoms with Gasteiger partial charge in [0.05, 0.1) is 16.0 Å². The minimum Gasteiger partial charge on any atom is -0.399 e. The molecule has 0 fully saturated rings. The van der Waals surface area contributed by atoms with E-state index >= 15 is 0 Å². The Morgan fingerprint density at radius 2 is 2.50 bits per heavy atom. The summed E-state index contributed by atoms with van der Waals surface area (Å²) in [6, 6.07) is 3.05. The molecule has 0 amide bonds. The molecule has 0 aliphatic carbocycles. The molecule has 0 radical (unpaired) electrons. The van der Waals surface area contributed by atoms with Crippen molar-refractivity contribution in [3.63, 3.8) is 0 Å². The molecule has 64 valence electrons. The zero-order valence-electron chi connectivity index (χ0n) is 6.26. The number of rotatable bonds is 3. The summed E-state index contributed by atoms with van der Waals surface area (Å²) in [6.07, 6.45) is 1.43. The molecule has 0 aliphatic heterocycles. The van der Waals surface area contributed by atoms with E-state index < -0.39 is 4.92 Å². The quantitative estimate of drug-likeness (QED) is 0.409. The average molecular weight is 186 g/mol. The highest BCUT2D eigenvalue weighted by molar-refractivity contribution is 7.16. The summed E-state index contributed by atoms with van der Waals surface area (Å²) in [4.78, 5) is 14.9. The molecule has 0 aromatic carbocycles. The fraction of sp³-hybridized carbons (Fsp3) is 0.167. The van der Waals surface area contributed by atoms with Crippen LogP contribution < -0.4 is 0 Å². The van der Waals surface area contributed by atoms with Crippen LogP contribution in [-0.2, 0) is 4.84 Å². The minimum absolute atomic E-state index is 0.104. The third kappa shape index (κ3) is 2.03. The predicted octanol–water partition coefficient (Wildman–Crippen LogP) is 1.64. The van der Waals surface area contributed by atoms with Gasteiger partial charge in [-0.2, -0.15) is 0 Å². The van der Waals surface area contributed by atoms with Crippen LogP contribution in [0.3, 0.4) is 0 Å². The van der Waals surface area contributed by atoms with E-state index in [9.17, 15) is 10.1 Å². The highest BCUT2D eigenvalue weighted by atomic mass is 32.1. The topological polar surface area (TPSA) is 64.7 Å². The first kappa shape index (κ1) is 8.66. The molecule has 0 spiro atoms. The molecule has 0 bridgehead atoms. The highest BCUT2D eigenvalue weighted by Gasteiger charge is 2.07. The monoisotopic (exact) mass is 186 g/mol. The van der Waals surface area contributed by atoms with Crippen molar-refractivity contribution in [2.24, 2.45) is 5.16 Å². The van der Waals surface area contributed by atoms with E-state index in [4.69, 9.17) is 0 Å². The van der Waals surface area contributed by atoms with Gasteiger partial charge >= 0.3 is 5.00 Å². The molecule has 0 aliphatic rings. The summed E-state index contributed by atoms with van der Waals surface area (Å²) in [5.74, 6) is 0. The van der Waals surface area contributed by atoms with Gasteiger partial charge < -0.3 is 4.84 Å². The fourth-order valence-electron chi connectivity index (χ4n) is 0.614. The van der Waals surface area contributed by atoms with E-state index in [1.54, 1.807) is 6.07 Å². The molecule has 1 rings (SSSR count). The molecule has 1 aromatic heterocycles. The average Bonchev–Trinajstić information content (AvgIpc) is 2.48.